The summed E-state index contributed by atoms with van der Waals surface area (Å²) in [6, 6.07) is 0.269. The molecule has 2 aliphatic rings. The van der Waals surface area contributed by atoms with Crippen molar-refractivity contribution in [3.05, 3.63) is 28.7 Å². The Balaban J connectivity index is 1.43. The van der Waals surface area contributed by atoms with Crippen molar-refractivity contribution in [1.29, 1.82) is 0 Å². The van der Waals surface area contributed by atoms with E-state index in [2.05, 4.69) is 25.9 Å². The van der Waals surface area contributed by atoms with Crippen molar-refractivity contribution in [3.8, 4) is 0 Å². The molecule has 33 heavy (non-hydrogen) atoms. The van der Waals surface area contributed by atoms with Crippen LogP contribution in [-0.2, 0) is 28.0 Å². The molecular weight excluding hydrogens is 482 g/mol. The number of carbonyl (C=O) groups is 3. The maximum atomic E-state index is 12.8. The number of aryl methyl sites for hydroxylation is 2. The minimum atomic E-state index is -2.76. The normalized spacial score (nSPS) is 20.2. The zero-order chi connectivity index (χ0) is 23.9. The first-order valence-electron chi connectivity index (χ1n) is 9.54. The van der Waals surface area contributed by atoms with Gasteiger partial charge in [0.15, 0.2) is 0 Å². The maximum Gasteiger partial charge on any atom is 0.352 e. The Morgan fingerprint density at radius 1 is 1.42 bits per heavy atom. The van der Waals surface area contributed by atoms with Crippen LogP contribution in [0.15, 0.2) is 22.5 Å². The van der Waals surface area contributed by atoms with Crippen LogP contribution < -0.4 is 5.32 Å². The molecule has 0 saturated carbocycles. The summed E-state index contributed by atoms with van der Waals surface area (Å²) in [6.07, 6.45) is -2.76. The van der Waals surface area contributed by atoms with Gasteiger partial charge in [-0.3, -0.25) is 19.2 Å². The van der Waals surface area contributed by atoms with Crippen LogP contribution in [0.2, 0.25) is 0 Å². The number of aliphatic carboxylic acids is 1. The van der Waals surface area contributed by atoms with Crippen LogP contribution in [0, 0.1) is 6.92 Å². The molecule has 12 nitrogen and oxygen atoms in total. The monoisotopic (exact) mass is 500 g/mol. The second-order valence-electron chi connectivity index (χ2n) is 7.25. The van der Waals surface area contributed by atoms with Crippen LogP contribution in [-0.4, -0.2) is 80.7 Å². The van der Waals surface area contributed by atoms with E-state index in [0.717, 1.165) is 4.68 Å². The quantitative estimate of drug-likeness (QED) is 0.380. The highest BCUT2D eigenvalue weighted by molar-refractivity contribution is 8.01. The molecule has 2 amide bonds. The highest BCUT2D eigenvalue weighted by Crippen LogP contribution is 2.41. The van der Waals surface area contributed by atoms with Crippen LogP contribution >= 0.6 is 23.5 Å². The number of hydrogen-bond acceptors (Lipinski definition) is 9. The molecule has 16 heteroatoms. The maximum absolute atomic E-state index is 12.8. The Morgan fingerprint density at radius 2 is 2.18 bits per heavy atom. The summed E-state index contributed by atoms with van der Waals surface area (Å²) >= 11 is 2.58. The van der Waals surface area contributed by atoms with Crippen molar-refractivity contribution in [2.75, 3.05) is 11.5 Å². The van der Waals surface area contributed by atoms with Crippen LogP contribution in [0.25, 0.3) is 0 Å². The molecule has 4 heterocycles. The molecule has 2 aromatic heterocycles. The molecule has 4 rings (SSSR count). The molecule has 2 aliphatic heterocycles. The zero-order valence-corrected chi connectivity index (χ0v) is 18.9. The van der Waals surface area contributed by atoms with E-state index < -0.39 is 41.3 Å². The van der Waals surface area contributed by atoms with E-state index in [4.69, 9.17) is 0 Å². The molecule has 0 radical (unpaired) electrons. The standard InChI is InChI=1S/C17H18F2N8O4S2/c1-7-3-9(13(18)19)22-26(7)4-10(28)20-11-14(29)27-12(16(30)31)8(5-32-15(11)27)6-33-17-21-23-24-25(17)2/h3,11,13,15H,4-6H2,1-2H3,(H,20,28)(H,30,31)/t11-,15+/m0/s1. The van der Waals surface area contributed by atoms with Crippen molar-refractivity contribution in [2.45, 2.75) is 36.5 Å². The average Bonchev–Trinajstić information content (AvgIpc) is 3.34. The molecule has 2 atom stereocenters. The Labute approximate surface area is 193 Å². The van der Waals surface area contributed by atoms with Crippen molar-refractivity contribution in [3.63, 3.8) is 0 Å². The highest BCUT2D eigenvalue weighted by Gasteiger charge is 2.54. The number of carboxylic acid groups (broad SMARTS) is 1. The summed E-state index contributed by atoms with van der Waals surface area (Å²) in [5, 5.41) is 27.0. The molecule has 0 spiro atoms. The lowest BCUT2D eigenvalue weighted by molar-refractivity contribution is -0.150. The first kappa shape index (κ1) is 23.2. The van der Waals surface area contributed by atoms with Gasteiger partial charge in [0.1, 0.15) is 29.4 Å². The number of alkyl halides is 2. The second-order valence-corrected chi connectivity index (χ2v) is 9.30. The number of hydrogen-bond donors (Lipinski definition) is 2. The molecule has 0 unspecified atom stereocenters. The van der Waals surface area contributed by atoms with Crippen LogP contribution in [0.5, 0.6) is 0 Å². The number of halogens is 2. The minimum absolute atomic E-state index is 0.110. The van der Waals surface area contributed by atoms with E-state index in [0.29, 0.717) is 22.2 Å². The topological polar surface area (TPSA) is 148 Å². The third kappa shape index (κ3) is 4.44. The number of rotatable bonds is 8. The number of carboxylic acids is 1. The molecule has 2 aromatic rings. The molecule has 1 fully saturated rings. The molecule has 2 N–H and O–H groups in total. The number of carbonyl (C=O) groups excluding carboxylic acids is 2. The lowest BCUT2D eigenvalue weighted by Crippen LogP contribution is -2.70. The van der Waals surface area contributed by atoms with Crippen molar-refractivity contribution >= 4 is 41.3 Å². The smallest absolute Gasteiger partial charge is 0.352 e. The van der Waals surface area contributed by atoms with Crippen molar-refractivity contribution in [2.24, 2.45) is 7.05 Å². The number of nitrogens with zero attached hydrogens (tertiary/aromatic N) is 7. The van der Waals surface area contributed by atoms with Gasteiger partial charge in [-0.1, -0.05) is 11.8 Å². The molecule has 0 aliphatic carbocycles. The van der Waals surface area contributed by atoms with Gasteiger partial charge in [0.2, 0.25) is 11.1 Å². The number of thioether (sulfide) groups is 2. The summed E-state index contributed by atoms with van der Waals surface area (Å²) in [5.74, 6) is -1.75. The first-order valence-corrected chi connectivity index (χ1v) is 11.6. The van der Waals surface area contributed by atoms with Gasteiger partial charge in [-0.15, -0.1) is 16.9 Å². The fraction of sp³-hybridized carbons (Fsp3) is 0.471. The van der Waals surface area contributed by atoms with Gasteiger partial charge < -0.3 is 10.4 Å². The first-order chi connectivity index (χ1) is 15.7. The largest absolute Gasteiger partial charge is 0.477 e. The van der Waals surface area contributed by atoms with Gasteiger partial charge in [0.05, 0.1) is 0 Å². The Kier molecular flexibility index (Phi) is 6.38. The molecule has 0 bridgehead atoms. The third-order valence-electron chi connectivity index (χ3n) is 5.04. The fourth-order valence-electron chi connectivity index (χ4n) is 3.45. The van der Waals surface area contributed by atoms with E-state index in [1.807, 2.05) is 0 Å². The predicted octanol–water partition coefficient (Wildman–Crippen LogP) is 0.184. The lowest BCUT2D eigenvalue weighted by Gasteiger charge is -2.49. The number of β-lactam (4-membered cyclic amide) rings is 1. The van der Waals surface area contributed by atoms with Gasteiger partial charge in [0, 0.05) is 24.2 Å². The SMILES string of the molecule is Cc1cc(C(F)F)nn1CC(=O)N[C@H]1C(=O)N2C(C(=O)O)=C(CSc3nnnn3C)CS[C@H]12. The van der Waals surface area contributed by atoms with E-state index in [-0.39, 0.29) is 18.0 Å². The fourth-order valence-corrected chi connectivity index (χ4v) is 5.78. The number of amides is 2. The van der Waals surface area contributed by atoms with Gasteiger partial charge in [-0.25, -0.2) is 18.3 Å². The summed E-state index contributed by atoms with van der Waals surface area (Å²) in [5.41, 5.74) is 0.376. The lowest BCUT2D eigenvalue weighted by atomic mass is 10.0. The summed E-state index contributed by atoms with van der Waals surface area (Å²) in [4.78, 5) is 38.2. The Hall–Kier alpha value is -3.01. The van der Waals surface area contributed by atoms with Gasteiger partial charge >= 0.3 is 5.97 Å². The third-order valence-corrected chi connectivity index (χ3v) is 7.48. The van der Waals surface area contributed by atoms with Gasteiger partial charge in [0.25, 0.3) is 12.3 Å². The molecule has 176 valence electrons. The van der Waals surface area contributed by atoms with Crippen molar-refractivity contribution < 1.29 is 28.3 Å². The van der Waals surface area contributed by atoms with Gasteiger partial charge in [-0.2, -0.15) is 5.10 Å². The van der Waals surface area contributed by atoms with Crippen LogP contribution in [0.3, 0.4) is 0 Å². The number of nitrogens with one attached hydrogen (secondary N) is 1. The summed E-state index contributed by atoms with van der Waals surface area (Å²) in [7, 11) is 1.66. The molecule has 1 saturated heterocycles. The molecule has 0 aromatic carbocycles. The number of aromatic nitrogens is 6. The van der Waals surface area contributed by atoms with Crippen molar-refractivity contribution in [1.82, 2.24) is 40.2 Å². The van der Waals surface area contributed by atoms with E-state index in [1.165, 1.54) is 39.2 Å². The van der Waals surface area contributed by atoms with Crippen LogP contribution in [0.1, 0.15) is 17.8 Å². The Bertz CT molecular complexity index is 1150. The van der Waals surface area contributed by atoms with E-state index in [9.17, 15) is 28.3 Å². The van der Waals surface area contributed by atoms with Gasteiger partial charge in [-0.05, 0) is 29.0 Å². The minimum Gasteiger partial charge on any atom is -0.477 e. The average molecular weight is 501 g/mol. The Morgan fingerprint density at radius 3 is 2.79 bits per heavy atom. The molecular formula is C17H18F2N8O4S2. The van der Waals surface area contributed by atoms with E-state index in [1.54, 1.807) is 14.0 Å². The summed E-state index contributed by atoms with van der Waals surface area (Å²) < 4.78 is 28.2. The highest BCUT2D eigenvalue weighted by atomic mass is 32.2. The number of fused-ring (bicyclic) bond motifs is 1. The zero-order valence-electron chi connectivity index (χ0n) is 17.3. The second kappa shape index (κ2) is 9.09. The predicted molar refractivity (Wildman–Crippen MR) is 111 cm³/mol. The van der Waals surface area contributed by atoms with Crippen LogP contribution in [0.4, 0.5) is 8.78 Å². The summed E-state index contributed by atoms with van der Waals surface area (Å²) in [6.45, 7) is 1.20. The van der Waals surface area contributed by atoms with E-state index >= 15 is 0 Å². The number of tetrazole rings is 1.